The monoisotopic (exact) mass is 365 g/mol. The average molecular weight is 366 g/mol. The van der Waals surface area contributed by atoms with Gasteiger partial charge in [-0.2, -0.15) is 0 Å². The van der Waals surface area contributed by atoms with Crippen molar-refractivity contribution in [3.63, 3.8) is 0 Å². The number of amides is 1. The molecule has 0 bridgehead atoms. The summed E-state index contributed by atoms with van der Waals surface area (Å²) < 4.78 is 24.8. The summed E-state index contributed by atoms with van der Waals surface area (Å²) in [4.78, 5) is 14.1. The summed E-state index contributed by atoms with van der Waals surface area (Å²) in [6.45, 7) is 3.71. The Labute approximate surface area is 148 Å². The van der Waals surface area contributed by atoms with E-state index in [1.165, 1.54) is 4.90 Å². The van der Waals surface area contributed by atoms with Crippen LogP contribution in [0.3, 0.4) is 0 Å². The van der Waals surface area contributed by atoms with Crippen LogP contribution in [0.5, 0.6) is 0 Å². The number of rotatable bonds is 6. The molecule has 0 saturated heterocycles. The van der Waals surface area contributed by atoms with Crippen LogP contribution in [0.4, 0.5) is 5.69 Å². The van der Waals surface area contributed by atoms with Gasteiger partial charge in [0.05, 0.1) is 5.75 Å². The fraction of sp³-hybridized carbons (Fsp3) is 0.278. The van der Waals surface area contributed by atoms with E-state index >= 15 is 0 Å². The molecule has 0 saturated carbocycles. The second kappa shape index (κ2) is 7.81. The number of halogens is 1. The van der Waals surface area contributed by atoms with E-state index in [0.29, 0.717) is 16.3 Å². The first kappa shape index (κ1) is 18.5. The van der Waals surface area contributed by atoms with E-state index in [1.807, 2.05) is 32.0 Å². The molecule has 0 atom stereocenters. The van der Waals surface area contributed by atoms with Crippen LogP contribution < -0.4 is 4.90 Å². The van der Waals surface area contributed by atoms with Gasteiger partial charge in [0.25, 0.3) is 0 Å². The van der Waals surface area contributed by atoms with Gasteiger partial charge in [0.1, 0.15) is 5.75 Å². The number of carbonyl (C=O) groups excluding carboxylic acids is 1. The second-order valence-electron chi connectivity index (χ2n) is 5.86. The van der Waals surface area contributed by atoms with Gasteiger partial charge in [0, 0.05) is 16.8 Å². The Kier molecular flexibility index (Phi) is 6.02. The van der Waals surface area contributed by atoms with Crippen LogP contribution in [0.15, 0.2) is 54.6 Å². The minimum absolute atomic E-state index is 0.138. The molecule has 0 spiro atoms. The van der Waals surface area contributed by atoms with E-state index in [9.17, 15) is 13.2 Å². The molecule has 0 aliphatic rings. The minimum Gasteiger partial charge on any atom is -0.309 e. The highest BCUT2D eigenvalue weighted by Crippen LogP contribution is 2.19. The molecule has 0 radical (unpaired) electrons. The highest BCUT2D eigenvalue weighted by molar-refractivity contribution is 7.91. The third kappa shape index (κ3) is 5.08. The molecule has 0 fully saturated rings. The minimum atomic E-state index is -3.59. The molecule has 2 aromatic carbocycles. The van der Waals surface area contributed by atoms with Crippen LogP contribution >= 0.6 is 11.6 Å². The lowest BCUT2D eigenvalue weighted by atomic mass is 10.2. The van der Waals surface area contributed by atoms with Crippen molar-refractivity contribution < 1.29 is 13.2 Å². The van der Waals surface area contributed by atoms with Crippen molar-refractivity contribution in [3.8, 4) is 0 Å². The topological polar surface area (TPSA) is 54.5 Å². The van der Waals surface area contributed by atoms with Gasteiger partial charge in [-0.15, -0.1) is 0 Å². The highest BCUT2D eigenvalue weighted by Gasteiger charge is 2.25. The van der Waals surface area contributed by atoms with Crippen LogP contribution in [0.1, 0.15) is 19.4 Å². The summed E-state index contributed by atoms with van der Waals surface area (Å²) in [7, 11) is -3.59. The molecule has 1 amide bonds. The van der Waals surface area contributed by atoms with Crippen molar-refractivity contribution in [1.82, 2.24) is 0 Å². The van der Waals surface area contributed by atoms with Crippen LogP contribution in [0, 0.1) is 0 Å². The molecule has 2 rings (SSSR count). The molecule has 128 valence electrons. The van der Waals surface area contributed by atoms with E-state index in [-0.39, 0.29) is 11.8 Å². The maximum Gasteiger partial charge on any atom is 0.242 e. The van der Waals surface area contributed by atoms with E-state index < -0.39 is 21.5 Å². The van der Waals surface area contributed by atoms with Crippen molar-refractivity contribution in [2.75, 3.05) is 10.7 Å². The normalized spacial score (nSPS) is 11.5. The van der Waals surface area contributed by atoms with Crippen LogP contribution in [0.2, 0.25) is 5.02 Å². The standard InChI is InChI=1S/C18H20ClNO3S/c1-14(2)20(17-9-4-3-5-10-17)18(21)13-24(22,23)12-15-7-6-8-16(19)11-15/h3-11,14H,12-13H2,1-2H3. The highest BCUT2D eigenvalue weighted by atomic mass is 35.5. The summed E-state index contributed by atoms with van der Waals surface area (Å²) >= 11 is 5.88. The lowest BCUT2D eigenvalue weighted by molar-refractivity contribution is -0.116. The molecular weight excluding hydrogens is 346 g/mol. The van der Waals surface area contributed by atoms with Crippen molar-refractivity contribution in [1.29, 1.82) is 0 Å². The molecule has 6 heteroatoms. The zero-order valence-corrected chi connectivity index (χ0v) is 15.2. The lowest BCUT2D eigenvalue weighted by Crippen LogP contribution is -2.40. The Morgan fingerprint density at radius 1 is 1.08 bits per heavy atom. The summed E-state index contributed by atoms with van der Waals surface area (Å²) in [6, 6.07) is 15.6. The Morgan fingerprint density at radius 3 is 2.33 bits per heavy atom. The molecule has 24 heavy (non-hydrogen) atoms. The van der Waals surface area contributed by atoms with Crippen LogP contribution in [-0.4, -0.2) is 26.1 Å². The largest absolute Gasteiger partial charge is 0.309 e. The third-order valence-electron chi connectivity index (χ3n) is 3.44. The second-order valence-corrected chi connectivity index (χ2v) is 8.36. The molecule has 0 aliphatic heterocycles. The van der Waals surface area contributed by atoms with Gasteiger partial charge < -0.3 is 4.90 Å². The molecule has 0 heterocycles. The number of hydrogen-bond acceptors (Lipinski definition) is 3. The van der Waals surface area contributed by atoms with Crippen molar-refractivity contribution >= 4 is 33.0 Å². The smallest absolute Gasteiger partial charge is 0.242 e. The maximum atomic E-state index is 12.6. The number of benzene rings is 2. The summed E-state index contributed by atoms with van der Waals surface area (Å²) in [5, 5.41) is 0.474. The quantitative estimate of drug-likeness (QED) is 0.784. The molecule has 0 aliphatic carbocycles. The fourth-order valence-corrected chi connectivity index (χ4v) is 4.03. The third-order valence-corrected chi connectivity index (χ3v) is 5.13. The van der Waals surface area contributed by atoms with E-state index in [2.05, 4.69) is 0 Å². The zero-order chi connectivity index (χ0) is 17.7. The van der Waals surface area contributed by atoms with Gasteiger partial charge in [-0.05, 0) is 43.7 Å². The summed E-state index contributed by atoms with van der Waals surface area (Å²) in [5.41, 5.74) is 1.27. The molecular formula is C18H20ClNO3S. The zero-order valence-electron chi connectivity index (χ0n) is 13.6. The molecule has 0 N–H and O–H groups in total. The maximum absolute atomic E-state index is 12.6. The number of anilines is 1. The average Bonchev–Trinajstić information content (AvgIpc) is 2.46. The van der Waals surface area contributed by atoms with E-state index in [0.717, 1.165) is 0 Å². The number of carbonyl (C=O) groups is 1. The van der Waals surface area contributed by atoms with Gasteiger partial charge in [0.2, 0.25) is 5.91 Å². The summed E-state index contributed by atoms with van der Waals surface area (Å²) in [6.07, 6.45) is 0. The first-order valence-electron chi connectivity index (χ1n) is 7.60. The van der Waals surface area contributed by atoms with Gasteiger partial charge in [0.15, 0.2) is 9.84 Å². The molecule has 0 aromatic heterocycles. The van der Waals surface area contributed by atoms with Crippen LogP contribution in [0.25, 0.3) is 0 Å². The Bertz CT molecular complexity index is 804. The first-order valence-corrected chi connectivity index (χ1v) is 9.80. The SMILES string of the molecule is CC(C)N(C(=O)CS(=O)(=O)Cc1cccc(Cl)c1)c1ccccc1. The van der Waals surface area contributed by atoms with Crippen molar-refractivity contribution in [3.05, 3.63) is 65.2 Å². The van der Waals surface area contributed by atoms with E-state index in [4.69, 9.17) is 11.6 Å². The Hall–Kier alpha value is -1.85. The molecule has 0 unspecified atom stereocenters. The predicted octanol–water partition coefficient (Wildman–Crippen LogP) is 3.70. The molecule has 2 aromatic rings. The first-order chi connectivity index (χ1) is 11.3. The van der Waals surface area contributed by atoms with Crippen molar-refractivity contribution in [2.45, 2.75) is 25.6 Å². The van der Waals surface area contributed by atoms with Gasteiger partial charge >= 0.3 is 0 Å². The fourth-order valence-electron chi connectivity index (χ4n) is 2.51. The van der Waals surface area contributed by atoms with E-state index in [1.54, 1.807) is 36.4 Å². The van der Waals surface area contributed by atoms with Crippen molar-refractivity contribution in [2.24, 2.45) is 0 Å². The molecule has 4 nitrogen and oxygen atoms in total. The Morgan fingerprint density at radius 2 is 1.75 bits per heavy atom. The number of para-hydroxylation sites is 1. The Balaban J connectivity index is 2.16. The number of nitrogens with zero attached hydrogens (tertiary/aromatic N) is 1. The lowest BCUT2D eigenvalue weighted by Gasteiger charge is -2.26. The van der Waals surface area contributed by atoms with Gasteiger partial charge in [-0.3, -0.25) is 4.79 Å². The predicted molar refractivity (Wildman–Crippen MR) is 98.0 cm³/mol. The van der Waals surface area contributed by atoms with Gasteiger partial charge in [-0.1, -0.05) is 41.9 Å². The number of sulfone groups is 1. The van der Waals surface area contributed by atoms with Gasteiger partial charge in [-0.25, -0.2) is 8.42 Å². The van der Waals surface area contributed by atoms with Crippen LogP contribution in [-0.2, 0) is 20.4 Å². The number of hydrogen-bond donors (Lipinski definition) is 0. The summed E-state index contributed by atoms with van der Waals surface area (Å²) in [5.74, 6) is -1.18.